The minimum Gasteiger partial charge on any atom is -0.493 e. The van der Waals surface area contributed by atoms with Crippen molar-refractivity contribution >= 4 is 38.4 Å². The van der Waals surface area contributed by atoms with Gasteiger partial charge >= 0.3 is 5.91 Å². The maximum atomic E-state index is 12.0. The predicted molar refractivity (Wildman–Crippen MR) is 98.6 cm³/mol. The second kappa shape index (κ2) is 7.06. The first-order valence-electron chi connectivity index (χ1n) is 7.59. The Balaban J connectivity index is 1.75. The van der Waals surface area contributed by atoms with Crippen LogP contribution in [0.3, 0.4) is 0 Å². The Hall–Kier alpha value is -2.67. The van der Waals surface area contributed by atoms with Crippen molar-refractivity contribution in [1.82, 2.24) is 4.98 Å². The van der Waals surface area contributed by atoms with E-state index >= 15 is 0 Å². The van der Waals surface area contributed by atoms with Crippen molar-refractivity contribution in [1.29, 1.82) is 0 Å². The quantitative estimate of drug-likeness (QED) is 0.606. The SMILES string of the molecule is Cc1cccc(C)c1OCC(=O)N=Nc1c(O)[nH]c2ccc(Br)cc12. The highest BCUT2D eigenvalue weighted by molar-refractivity contribution is 9.10. The van der Waals surface area contributed by atoms with Crippen molar-refractivity contribution in [3.63, 3.8) is 0 Å². The molecule has 1 heterocycles. The van der Waals surface area contributed by atoms with E-state index in [0.29, 0.717) is 16.7 Å². The first-order chi connectivity index (χ1) is 12.0. The largest absolute Gasteiger partial charge is 0.493 e. The summed E-state index contributed by atoms with van der Waals surface area (Å²) in [5.74, 6) is -0.00311. The van der Waals surface area contributed by atoms with Gasteiger partial charge in [0.15, 0.2) is 12.3 Å². The van der Waals surface area contributed by atoms with Crippen molar-refractivity contribution in [2.45, 2.75) is 13.8 Å². The number of carbonyl (C=O) groups is 1. The van der Waals surface area contributed by atoms with Crippen LogP contribution < -0.4 is 4.74 Å². The summed E-state index contributed by atoms with van der Waals surface area (Å²) < 4.78 is 6.39. The van der Waals surface area contributed by atoms with Gasteiger partial charge in [0.25, 0.3) is 0 Å². The Kier molecular flexibility index (Phi) is 4.85. The Morgan fingerprint density at radius 3 is 2.68 bits per heavy atom. The number of H-pyrrole nitrogens is 1. The van der Waals surface area contributed by atoms with Gasteiger partial charge < -0.3 is 14.8 Å². The molecule has 0 atom stereocenters. The Morgan fingerprint density at radius 2 is 1.96 bits per heavy atom. The number of hydrogen-bond acceptors (Lipinski definition) is 4. The fourth-order valence-corrected chi connectivity index (χ4v) is 2.89. The third-order valence-corrected chi connectivity index (χ3v) is 4.22. The summed E-state index contributed by atoms with van der Waals surface area (Å²) in [6.45, 7) is 3.61. The van der Waals surface area contributed by atoms with E-state index in [9.17, 15) is 9.90 Å². The molecule has 3 aromatic rings. The number of aromatic amines is 1. The van der Waals surface area contributed by atoms with Crippen LogP contribution in [0.2, 0.25) is 0 Å². The van der Waals surface area contributed by atoms with Crippen molar-refractivity contribution in [3.8, 4) is 11.6 Å². The number of ether oxygens (including phenoxy) is 1. The van der Waals surface area contributed by atoms with Crippen LogP contribution in [-0.2, 0) is 4.79 Å². The molecular weight excluding hydrogens is 386 g/mol. The van der Waals surface area contributed by atoms with Crippen LogP contribution >= 0.6 is 15.9 Å². The number of nitrogens with one attached hydrogen (secondary N) is 1. The lowest BCUT2D eigenvalue weighted by Gasteiger charge is -2.09. The number of aromatic hydroxyl groups is 1. The number of rotatable bonds is 4. The molecule has 128 valence electrons. The van der Waals surface area contributed by atoms with Gasteiger partial charge in [-0.3, -0.25) is 4.79 Å². The normalized spacial score (nSPS) is 11.3. The van der Waals surface area contributed by atoms with E-state index in [0.717, 1.165) is 15.6 Å². The fourth-order valence-electron chi connectivity index (χ4n) is 2.53. The van der Waals surface area contributed by atoms with Gasteiger partial charge in [-0.2, -0.15) is 0 Å². The number of carbonyl (C=O) groups excluding carboxylic acids is 1. The zero-order valence-electron chi connectivity index (χ0n) is 13.7. The summed E-state index contributed by atoms with van der Waals surface area (Å²) in [4.78, 5) is 14.8. The molecule has 0 aliphatic rings. The minimum atomic E-state index is -0.536. The van der Waals surface area contributed by atoms with E-state index in [1.807, 2.05) is 38.1 Å². The number of aromatic nitrogens is 1. The van der Waals surface area contributed by atoms with Crippen LogP contribution in [0.4, 0.5) is 5.69 Å². The zero-order valence-corrected chi connectivity index (χ0v) is 15.3. The number of azo groups is 1. The molecule has 0 spiro atoms. The van der Waals surface area contributed by atoms with Gasteiger partial charge in [0.2, 0.25) is 5.88 Å². The fraction of sp³-hybridized carbons (Fsp3) is 0.167. The molecule has 0 saturated carbocycles. The summed E-state index contributed by atoms with van der Waals surface area (Å²) in [6, 6.07) is 11.2. The molecule has 0 aliphatic heterocycles. The molecule has 0 aliphatic carbocycles. The van der Waals surface area contributed by atoms with Crippen molar-refractivity contribution in [2.24, 2.45) is 10.2 Å². The molecule has 0 fully saturated rings. The van der Waals surface area contributed by atoms with E-state index in [4.69, 9.17) is 4.74 Å². The van der Waals surface area contributed by atoms with E-state index < -0.39 is 5.91 Å². The van der Waals surface area contributed by atoms with Crippen molar-refractivity contribution in [2.75, 3.05) is 6.61 Å². The Morgan fingerprint density at radius 1 is 1.24 bits per heavy atom. The third-order valence-electron chi connectivity index (χ3n) is 3.72. The summed E-state index contributed by atoms with van der Waals surface area (Å²) in [6.07, 6.45) is 0. The number of hydrogen-bond donors (Lipinski definition) is 2. The molecule has 0 radical (unpaired) electrons. The maximum Gasteiger partial charge on any atom is 0.302 e. The smallest absolute Gasteiger partial charge is 0.302 e. The van der Waals surface area contributed by atoms with Crippen molar-refractivity contribution < 1.29 is 14.6 Å². The zero-order chi connectivity index (χ0) is 18.0. The lowest BCUT2D eigenvalue weighted by molar-refractivity contribution is -0.120. The minimum absolute atomic E-state index is 0.139. The van der Waals surface area contributed by atoms with Crippen LogP contribution in [0.1, 0.15) is 11.1 Å². The number of fused-ring (bicyclic) bond motifs is 1. The van der Waals surface area contributed by atoms with E-state index in [2.05, 4.69) is 31.1 Å². The van der Waals surface area contributed by atoms with E-state index in [1.54, 1.807) is 12.1 Å². The third kappa shape index (κ3) is 3.71. The number of amides is 1. The number of para-hydroxylation sites is 1. The topological polar surface area (TPSA) is 87.0 Å². The lowest BCUT2D eigenvalue weighted by atomic mass is 10.1. The Labute approximate surface area is 152 Å². The molecule has 0 bridgehead atoms. The van der Waals surface area contributed by atoms with Gasteiger partial charge in [-0.1, -0.05) is 34.1 Å². The average Bonchev–Trinajstić information content (AvgIpc) is 2.87. The van der Waals surface area contributed by atoms with Gasteiger partial charge in [0.05, 0.1) is 5.52 Å². The number of benzene rings is 2. The highest BCUT2D eigenvalue weighted by atomic mass is 79.9. The van der Waals surface area contributed by atoms with Gasteiger partial charge in [0, 0.05) is 9.86 Å². The molecule has 3 rings (SSSR count). The summed E-state index contributed by atoms with van der Waals surface area (Å²) >= 11 is 3.37. The van der Waals surface area contributed by atoms with Crippen LogP contribution in [0, 0.1) is 13.8 Å². The monoisotopic (exact) mass is 401 g/mol. The predicted octanol–water partition coefficient (Wildman–Crippen LogP) is 4.94. The average molecular weight is 402 g/mol. The first kappa shape index (κ1) is 17.2. The van der Waals surface area contributed by atoms with Gasteiger partial charge in [0.1, 0.15) is 5.75 Å². The Bertz CT molecular complexity index is 959. The molecule has 6 nitrogen and oxygen atoms in total. The molecule has 0 saturated heterocycles. The van der Waals surface area contributed by atoms with Crippen molar-refractivity contribution in [3.05, 3.63) is 52.0 Å². The van der Waals surface area contributed by atoms with Gasteiger partial charge in [-0.05, 0) is 43.2 Å². The number of aryl methyl sites for hydroxylation is 2. The molecule has 25 heavy (non-hydrogen) atoms. The number of nitrogens with zero attached hydrogens (tertiary/aromatic N) is 2. The van der Waals surface area contributed by atoms with Gasteiger partial charge in [-0.25, -0.2) is 0 Å². The van der Waals surface area contributed by atoms with Crippen LogP contribution in [0.5, 0.6) is 11.6 Å². The summed E-state index contributed by atoms with van der Waals surface area (Å²) in [5.41, 5.74) is 2.82. The summed E-state index contributed by atoms with van der Waals surface area (Å²) in [5, 5.41) is 18.2. The molecule has 1 aromatic heterocycles. The molecule has 7 heteroatoms. The second-order valence-electron chi connectivity index (χ2n) is 5.62. The first-order valence-corrected chi connectivity index (χ1v) is 8.39. The lowest BCUT2D eigenvalue weighted by Crippen LogP contribution is -2.09. The summed E-state index contributed by atoms with van der Waals surface area (Å²) in [7, 11) is 0. The standard InChI is InChI=1S/C18H16BrN3O3/c1-10-4-3-5-11(2)17(10)25-9-15(23)21-22-16-13-8-12(19)6-7-14(13)20-18(16)24/h3-8,20,24H,9H2,1-2H3. The van der Waals surface area contributed by atoms with E-state index in [1.165, 1.54) is 0 Å². The van der Waals surface area contributed by atoms with Crippen LogP contribution in [0.25, 0.3) is 10.9 Å². The highest BCUT2D eigenvalue weighted by Crippen LogP contribution is 2.36. The maximum absolute atomic E-state index is 12.0. The highest BCUT2D eigenvalue weighted by Gasteiger charge is 2.12. The molecule has 0 unspecified atom stereocenters. The van der Waals surface area contributed by atoms with Gasteiger partial charge in [-0.15, -0.1) is 10.2 Å². The molecule has 2 N–H and O–H groups in total. The molecule has 1 amide bonds. The molecule has 2 aromatic carbocycles. The number of halogens is 1. The van der Waals surface area contributed by atoms with Crippen LogP contribution in [0.15, 0.2) is 51.1 Å². The molecular formula is C18H16BrN3O3. The van der Waals surface area contributed by atoms with E-state index in [-0.39, 0.29) is 18.2 Å². The second-order valence-corrected chi connectivity index (χ2v) is 6.53. The van der Waals surface area contributed by atoms with Crippen LogP contribution in [-0.4, -0.2) is 22.6 Å².